The maximum Gasteiger partial charge on any atom is 0.168 e. The highest BCUT2D eigenvalue weighted by Crippen LogP contribution is 2.34. The van der Waals surface area contributed by atoms with Crippen LogP contribution in [0.15, 0.2) is 81.5 Å². The molecule has 1 fully saturated rings. The molecule has 0 bridgehead atoms. The van der Waals surface area contributed by atoms with E-state index >= 15 is 0 Å². The second kappa shape index (κ2) is 10.9. The lowest BCUT2D eigenvalue weighted by Crippen LogP contribution is -2.27. The van der Waals surface area contributed by atoms with E-state index < -0.39 is 0 Å². The summed E-state index contributed by atoms with van der Waals surface area (Å²) < 4.78 is 5.38. The van der Waals surface area contributed by atoms with Crippen molar-refractivity contribution < 1.29 is 19.2 Å². The second-order valence-electron chi connectivity index (χ2n) is 9.53. The summed E-state index contributed by atoms with van der Waals surface area (Å²) in [7, 11) is 0. The summed E-state index contributed by atoms with van der Waals surface area (Å²) >= 11 is 0. The van der Waals surface area contributed by atoms with E-state index in [0.29, 0.717) is 67.0 Å². The number of aromatic nitrogens is 1. The number of carbonyl (C=O) groups excluding carboxylic acids is 2. The zero-order valence-corrected chi connectivity index (χ0v) is 20.3. The van der Waals surface area contributed by atoms with Gasteiger partial charge in [-0.2, -0.15) is 0 Å². The normalized spacial score (nSPS) is 20.4. The highest BCUT2D eigenvalue weighted by atomic mass is 16.5. The smallest absolute Gasteiger partial charge is 0.168 e. The molecule has 36 heavy (non-hydrogen) atoms. The molecular formula is C30H30N2O4. The van der Waals surface area contributed by atoms with Crippen LogP contribution < -0.4 is 0 Å². The predicted molar refractivity (Wildman–Crippen MR) is 138 cm³/mol. The molecule has 5 rings (SSSR count). The van der Waals surface area contributed by atoms with E-state index in [-0.39, 0.29) is 29.7 Å². The minimum absolute atomic E-state index is 0.0185. The zero-order valence-electron chi connectivity index (χ0n) is 20.3. The van der Waals surface area contributed by atoms with Crippen molar-refractivity contribution in [1.82, 2.24) is 5.16 Å². The standard InChI is InChI=1S/C30H30N2O4/c33-25-12-7-13-28-30(25)23(32-36-28)14-15-26(34)29-24(31-17-16-20-8-3-1-4-9-20)18-22(19-27(29)35)21-10-5-2-6-11-21/h1-6,8-11,22,34H,7,12-19H2. The number of aryl methyl sites for hydroxylation is 2. The van der Waals surface area contributed by atoms with Gasteiger partial charge < -0.3 is 9.63 Å². The van der Waals surface area contributed by atoms with E-state index in [1.807, 2.05) is 48.5 Å². The van der Waals surface area contributed by atoms with Gasteiger partial charge in [-0.25, -0.2) is 0 Å². The Bertz CT molecular complexity index is 1310. The number of nitrogens with zero attached hydrogens (tertiary/aromatic N) is 2. The first-order valence-corrected chi connectivity index (χ1v) is 12.7. The van der Waals surface area contributed by atoms with Crippen LogP contribution in [0.25, 0.3) is 0 Å². The van der Waals surface area contributed by atoms with Gasteiger partial charge in [0.1, 0.15) is 11.5 Å². The van der Waals surface area contributed by atoms with E-state index in [2.05, 4.69) is 17.3 Å². The van der Waals surface area contributed by atoms with Crippen LogP contribution in [0.5, 0.6) is 0 Å². The molecule has 0 spiro atoms. The minimum Gasteiger partial charge on any atom is -0.511 e. The summed E-state index contributed by atoms with van der Waals surface area (Å²) in [5.74, 6) is 0.637. The molecule has 1 saturated carbocycles. The highest BCUT2D eigenvalue weighted by Gasteiger charge is 2.33. The first-order chi connectivity index (χ1) is 17.6. The molecule has 0 radical (unpaired) electrons. The number of Topliss-reactive ketones (excluding diaryl/α,β-unsaturated/α-hetero) is 2. The number of benzene rings is 2. The van der Waals surface area contributed by atoms with Gasteiger partial charge in [-0.1, -0.05) is 65.8 Å². The average Bonchev–Trinajstić information content (AvgIpc) is 3.33. The van der Waals surface area contributed by atoms with Crippen LogP contribution in [-0.4, -0.2) is 34.1 Å². The van der Waals surface area contributed by atoms with Crippen LogP contribution in [0, 0.1) is 0 Å². The molecule has 2 aromatic carbocycles. The first kappa shape index (κ1) is 23.9. The number of hydrogen-bond donors (Lipinski definition) is 1. The van der Waals surface area contributed by atoms with E-state index in [1.54, 1.807) is 0 Å². The Labute approximate surface area is 210 Å². The Morgan fingerprint density at radius 1 is 0.944 bits per heavy atom. The Balaban J connectivity index is 1.38. The summed E-state index contributed by atoms with van der Waals surface area (Å²) in [6, 6.07) is 20.1. The lowest BCUT2D eigenvalue weighted by molar-refractivity contribution is -0.116. The van der Waals surface area contributed by atoms with Crippen molar-refractivity contribution in [3.05, 3.63) is 100 Å². The van der Waals surface area contributed by atoms with E-state index in [0.717, 1.165) is 18.4 Å². The maximum absolute atomic E-state index is 13.3. The Morgan fingerprint density at radius 2 is 1.69 bits per heavy atom. The predicted octanol–water partition coefficient (Wildman–Crippen LogP) is 5.77. The van der Waals surface area contributed by atoms with Crippen molar-refractivity contribution in [2.75, 3.05) is 6.54 Å². The summed E-state index contributed by atoms with van der Waals surface area (Å²) in [5, 5.41) is 15.2. The molecule has 1 atom stereocenters. The van der Waals surface area contributed by atoms with Crippen molar-refractivity contribution >= 4 is 17.3 Å². The summed E-state index contributed by atoms with van der Waals surface area (Å²) in [6.45, 7) is 0.538. The van der Waals surface area contributed by atoms with Gasteiger partial charge >= 0.3 is 0 Å². The zero-order chi connectivity index (χ0) is 24.9. The van der Waals surface area contributed by atoms with Gasteiger partial charge in [0.2, 0.25) is 0 Å². The van der Waals surface area contributed by atoms with Gasteiger partial charge in [0.15, 0.2) is 11.6 Å². The maximum atomic E-state index is 13.3. The van der Waals surface area contributed by atoms with Crippen molar-refractivity contribution in [3.8, 4) is 0 Å². The van der Waals surface area contributed by atoms with Crippen LogP contribution in [-0.2, 0) is 24.1 Å². The molecule has 0 aliphatic heterocycles. The van der Waals surface area contributed by atoms with Gasteiger partial charge in [-0.05, 0) is 36.3 Å². The minimum atomic E-state index is -0.0932. The third kappa shape index (κ3) is 5.23. The molecule has 2 aliphatic rings. The lowest BCUT2D eigenvalue weighted by atomic mass is 9.78. The lowest BCUT2D eigenvalue weighted by Gasteiger charge is -2.26. The van der Waals surface area contributed by atoms with Gasteiger partial charge in [-0.3, -0.25) is 14.6 Å². The third-order valence-corrected chi connectivity index (χ3v) is 7.06. The second-order valence-corrected chi connectivity index (χ2v) is 9.53. The Kier molecular flexibility index (Phi) is 7.21. The van der Waals surface area contributed by atoms with E-state index in [9.17, 15) is 14.7 Å². The fourth-order valence-electron chi connectivity index (χ4n) is 5.21. The third-order valence-electron chi connectivity index (χ3n) is 7.06. The molecule has 6 heteroatoms. The molecule has 1 aromatic heterocycles. The molecule has 3 aromatic rings. The molecule has 0 amide bonds. The molecule has 1 unspecified atom stereocenters. The summed E-state index contributed by atoms with van der Waals surface area (Å²) in [4.78, 5) is 30.5. The van der Waals surface area contributed by atoms with Crippen LogP contribution in [0.3, 0.4) is 0 Å². The number of aliphatic hydroxyl groups is 1. The topological polar surface area (TPSA) is 92.8 Å². The van der Waals surface area contributed by atoms with Crippen LogP contribution >= 0.6 is 0 Å². The number of aliphatic imine (C=N–C) groups is 1. The summed E-state index contributed by atoms with van der Waals surface area (Å²) in [5.41, 5.74) is 4.40. The average molecular weight is 483 g/mol. The van der Waals surface area contributed by atoms with Crippen LogP contribution in [0.1, 0.15) is 71.0 Å². The van der Waals surface area contributed by atoms with Crippen LogP contribution in [0.4, 0.5) is 0 Å². The van der Waals surface area contributed by atoms with Crippen molar-refractivity contribution in [1.29, 1.82) is 0 Å². The number of hydrogen-bond acceptors (Lipinski definition) is 6. The van der Waals surface area contributed by atoms with Gasteiger partial charge in [0.05, 0.1) is 16.8 Å². The van der Waals surface area contributed by atoms with Crippen LogP contribution in [0.2, 0.25) is 0 Å². The van der Waals surface area contributed by atoms with Gasteiger partial charge in [-0.15, -0.1) is 0 Å². The molecular weight excluding hydrogens is 452 g/mol. The molecule has 0 saturated heterocycles. The largest absolute Gasteiger partial charge is 0.511 e. The van der Waals surface area contributed by atoms with E-state index in [4.69, 9.17) is 9.52 Å². The molecule has 1 heterocycles. The SMILES string of the molecule is O=C1CC(c2ccccc2)CC(=NCCc2ccccc2)C1=C(O)CCc1noc2c1C(=O)CCC2. The van der Waals surface area contributed by atoms with Crippen molar-refractivity contribution in [3.63, 3.8) is 0 Å². The quantitative estimate of drug-likeness (QED) is 0.341. The summed E-state index contributed by atoms with van der Waals surface area (Å²) in [6.07, 6.45) is 4.21. The number of fused-ring (bicyclic) bond motifs is 1. The number of ketones is 2. The monoisotopic (exact) mass is 482 g/mol. The molecule has 6 nitrogen and oxygen atoms in total. The van der Waals surface area contributed by atoms with Gasteiger partial charge in [0.25, 0.3) is 0 Å². The van der Waals surface area contributed by atoms with Crippen molar-refractivity contribution in [2.45, 2.75) is 57.3 Å². The number of allylic oxidation sites excluding steroid dienone is 2. The number of rotatable bonds is 7. The molecule has 1 N–H and O–H groups in total. The fourth-order valence-corrected chi connectivity index (χ4v) is 5.21. The highest BCUT2D eigenvalue weighted by molar-refractivity contribution is 6.24. The Morgan fingerprint density at radius 3 is 2.47 bits per heavy atom. The molecule has 2 aliphatic carbocycles. The fraction of sp³-hybridized carbons (Fsp3) is 0.333. The number of carbonyl (C=O) groups is 2. The van der Waals surface area contributed by atoms with E-state index in [1.165, 1.54) is 5.56 Å². The molecule has 184 valence electrons. The van der Waals surface area contributed by atoms with Gasteiger partial charge in [0, 0.05) is 44.4 Å². The van der Waals surface area contributed by atoms with Crippen molar-refractivity contribution in [2.24, 2.45) is 4.99 Å². The first-order valence-electron chi connectivity index (χ1n) is 12.7. The Hall–Kier alpha value is -3.80. The number of aliphatic hydroxyl groups excluding tert-OH is 1.